The summed E-state index contributed by atoms with van der Waals surface area (Å²) in [7, 11) is 0. The third-order valence-corrected chi connectivity index (χ3v) is 7.59. The SMILES string of the molecule is CC(C)c1cncc(C2(c3nc4c(c(=O)[nH]3)CN(C(=O)C(O)c3cccc(Cl)c3F)CCC4)CC2)c1. The summed E-state index contributed by atoms with van der Waals surface area (Å²) in [5.41, 5.74) is 2.41. The Morgan fingerprint density at radius 1 is 1.28 bits per heavy atom. The smallest absolute Gasteiger partial charge is 0.256 e. The number of fused-ring (bicyclic) bond motifs is 1. The number of carbonyl (C=O) groups is 1. The number of H-pyrrole nitrogens is 1. The van der Waals surface area contributed by atoms with Crippen LogP contribution in [0.25, 0.3) is 0 Å². The molecule has 5 rings (SSSR count). The standard InChI is InChI=1S/C27H28ClFN4O3/c1-15(2)16-11-17(13-30-12-16)27(8-9-27)26-31-21-7-4-10-33(14-19(21)24(35)32-26)25(36)23(34)18-5-3-6-20(28)22(18)29/h3,5-6,11-13,15,23,34H,4,7-10,14H2,1-2H3,(H,31,32,35). The molecule has 2 N–H and O–H groups in total. The van der Waals surface area contributed by atoms with Crippen molar-refractivity contribution in [1.29, 1.82) is 0 Å². The van der Waals surface area contributed by atoms with Gasteiger partial charge >= 0.3 is 0 Å². The summed E-state index contributed by atoms with van der Waals surface area (Å²) in [4.78, 5) is 40.0. The molecule has 0 saturated heterocycles. The molecule has 7 nitrogen and oxygen atoms in total. The first kappa shape index (κ1) is 24.6. The van der Waals surface area contributed by atoms with E-state index in [-0.39, 0.29) is 28.1 Å². The lowest BCUT2D eigenvalue weighted by Crippen LogP contribution is -2.37. The predicted molar refractivity (Wildman–Crippen MR) is 133 cm³/mol. The van der Waals surface area contributed by atoms with Crippen molar-refractivity contribution in [1.82, 2.24) is 19.9 Å². The Morgan fingerprint density at radius 3 is 2.78 bits per heavy atom. The zero-order valence-corrected chi connectivity index (χ0v) is 21.0. The highest BCUT2D eigenvalue weighted by atomic mass is 35.5. The number of aliphatic hydroxyl groups is 1. The number of rotatable bonds is 5. The molecule has 2 aliphatic rings. The monoisotopic (exact) mass is 510 g/mol. The van der Waals surface area contributed by atoms with Gasteiger partial charge in [-0.1, -0.05) is 43.6 Å². The number of nitrogens with zero attached hydrogens (tertiary/aromatic N) is 3. The molecule has 1 atom stereocenters. The van der Waals surface area contributed by atoms with Crippen LogP contribution in [0.15, 0.2) is 41.5 Å². The van der Waals surface area contributed by atoms with E-state index < -0.39 is 17.8 Å². The summed E-state index contributed by atoms with van der Waals surface area (Å²) in [6.45, 7) is 4.55. The Morgan fingerprint density at radius 2 is 2.06 bits per heavy atom. The Labute approximate surface area is 213 Å². The van der Waals surface area contributed by atoms with Gasteiger partial charge in [-0.25, -0.2) is 9.37 Å². The Hall–Kier alpha value is -3.10. The predicted octanol–water partition coefficient (Wildman–Crippen LogP) is 4.17. The van der Waals surface area contributed by atoms with Crippen molar-refractivity contribution in [3.63, 3.8) is 0 Å². The summed E-state index contributed by atoms with van der Waals surface area (Å²) in [6, 6.07) is 6.30. The van der Waals surface area contributed by atoms with Crippen molar-refractivity contribution >= 4 is 17.5 Å². The van der Waals surface area contributed by atoms with Crippen LogP contribution in [0.3, 0.4) is 0 Å². The fourth-order valence-corrected chi connectivity index (χ4v) is 5.08. The molecule has 1 unspecified atom stereocenters. The lowest BCUT2D eigenvalue weighted by molar-refractivity contribution is -0.141. The number of aliphatic hydroxyl groups excluding tert-OH is 1. The molecule has 36 heavy (non-hydrogen) atoms. The van der Waals surface area contributed by atoms with E-state index >= 15 is 0 Å². The van der Waals surface area contributed by atoms with E-state index in [1.807, 2.05) is 12.4 Å². The number of amides is 1. The summed E-state index contributed by atoms with van der Waals surface area (Å²) in [5, 5.41) is 10.4. The number of pyridine rings is 1. The molecule has 0 spiro atoms. The lowest BCUT2D eigenvalue weighted by atomic mass is 9.93. The van der Waals surface area contributed by atoms with Crippen molar-refractivity contribution in [2.75, 3.05) is 6.54 Å². The number of hydrogen-bond acceptors (Lipinski definition) is 5. The van der Waals surface area contributed by atoms with Crippen molar-refractivity contribution in [2.45, 2.75) is 63.5 Å². The van der Waals surface area contributed by atoms with Crippen LogP contribution in [0, 0.1) is 5.82 Å². The molecule has 0 bridgehead atoms. The second-order valence-corrected chi connectivity index (χ2v) is 10.4. The van der Waals surface area contributed by atoms with E-state index in [1.165, 1.54) is 23.1 Å². The number of carbonyl (C=O) groups excluding carboxylic acids is 1. The molecule has 1 fully saturated rings. The van der Waals surface area contributed by atoms with E-state index in [4.69, 9.17) is 16.6 Å². The van der Waals surface area contributed by atoms with Crippen LogP contribution < -0.4 is 5.56 Å². The average molecular weight is 511 g/mol. The van der Waals surface area contributed by atoms with Gasteiger partial charge < -0.3 is 15.0 Å². The molecule has 1 amide bonds. The van der Waals surface area contributed by atoms with Crippen LogP contribution in [-0.2, 0) is 23.2 Å². The van der Waals surface area contributed by atoms with Gasteiger partial charge in [-0.3, -0.25) is 14.6 Å². The molecule has 0 radical (unpaired) electrons. The van der Waals surface area contributed by atoms with Crippen LogP contribution in [0.2, 0.25) is 5.02 Å². The minimum Gasteiger partial charge on any atom is -0.378 e. The third-order valence-electron chi connectivity index (χ3n) is 7.30. The maximum Gasteiger partial charge on any atom is 0.256 e. The van der Waals surface area contributed by atoms with Crippen LogP contribution in [-0.4, -0.2) is 37.4 Å². The summed E-state index contributed by atoms with van der Waals surface area (Å²) < 4.78 is 14.4. The van der Waals surface area contributed by atoms with Crippen molar-refractivity contribution in [2.24, 2.45) is 0 Å². The number of halogens is 2. The number of aryl methyl sites for hydroxylation is 1. The van der Waals surface area contributed by atoms with E-state index in [1.54, 1.807) is 0 Å². The lowest BCUT2D eigenvalue weighted by Gasteiger charge is -2.24. The number of nitrogens with one attached hydrogen (secondary N) is 1. The van der Waals surface area contributed by atoms with Gasteiger partial charge in [0.15, 0.2) is 6.10 Å². The molecule has 9 heteroatoms. The van der Waals surface area contributed by atoms with Crippen molar-refractivity contribution < 1.29 is 14.3 Å². The van der Waals surface area contributed by atoms with Gasteiger partial charge in [-0.2, -0.15) is 0 Å². The topological polar surface area (TPSA) is 99.2 Å². The largest absolute Gasteiger partial charge is 0.378 e. The highest BCUT2D eigenvalue weighted by Gasteiger charge is 2.49. The van der Waals surface area contributed by atoms with Crippen LogP contribution >= 0.6 is 11.6 Å². The maximum atomic E-state index is 14.4. The minimum atomic E-state index is -1.72. The minimum absolute atomic E-state index is 0.00653. The van der Waals surface area contributed by atoms with Crippen LogP contribution in [0.5, 0.6) is 0 Å². The molecule has 1 aliphatic heterocycles. The number of aromatic amines is 1. The fourth-order valence-electron chi connectivity index (χ4n) is 4.90. The maximum absolute atomic E-state index is 14.4. The Bertz CT molecular complexity index is 1390. The second kappa shape index (κ2) is 9.41. The first-order chi connectivity index (χ1) is 17.2. The van der Waals surface area contributed by atoms with Gasteiger partial charge in [0.25, 0.3) is 11.5 Å². The van der Waals surface area contributed by atoms with E-state index in [0.29, 0.717) is 42.4 Å². The van der Waals surface area contributed by atoms with Gasteiger partial charge in [-0.05, 0) is 48.8 Å². The zero-order valence-electron chi connectivity index (χ0n) is 20.2. The van der Waals surface area contributed by atoms with E-state index in [0.717, 1.165) is 24.0 Å². The van der Waals surface area contributed by atoms with E-state index in [9.17, 15) is 19.1 Å². The molecule has 1 aromatic carbocycles. The van der Waals surface area contributed by atoms with Crippen LogP contribution in [0.4, 0.5) is 4.39 Å². The normalized spacial score (nSPS) is 17.4. The summed E-state index contributed by atoms with van der Waals surface area (Å²) in [5.74, 6) is -0.533. The van der Waals surface area contributed by atoms with Crippen molar-refractivity contribution in [3.8, 4) is 0 Å². The van der Waals surface area contributed by atoms with Gasteiger partial charge in [0.05, 0.1) is 28.2 Å². The summed E-state index contributed by atoms with van der Waals surface area (Å²) in [6.07, 6.45) is 4.84. The first-order valence-corrected chi connectivity index (χ1v) is 12.6. The highest BCUT2D eigenvalue weighted by Crippen LogP contribution is 2.52. The molecule has 188 valence electrons. The molecule has 2 aromatic heterocycles. The number of benzene rings is 1. The van der Waals surface area contributed by atoms with Gasteiger partial charge in [-0.15, -0.1) is 0 Å². The summed E-state index contributed by atoms with van der Waals surface area (Å²) >= 11 is 5.82. The average Bonchev–Trinajstić information content (AvgIpc) is 3.69. The van der Waals surface area contributed by atoms with Gasteiger partial charge in [0.1, 0.15) is 11.6 Å². The number of hydrogen-bond donors (Lipinski definition) is 2. The Kier molecular flexibility index (Phi) is 6.43. The fraction of sp³-hybridized carbons (Fsp3) is 0.407. The molecule has 3 heterocycles. The van der Waals surface area contributed by atoms with Gasteiger partial charge in [0.2, 0.25) is 0 Å². The third kappa shape index (κ3) is 4.33. The Balaban J connectivity index is 1.44. The molecule has 3 aromatic rings. The number of aromatic nitrogens is 3. The van der Waals surface area contributed by atoms with Gasteiger partial charge in [0, 0.05) is 24.5 Å². The first-order valence-electron chi connectivity index (χ1n) is 12.2. The highest BCUT2D eigenvalue weighted by molar-refractivity contribution is 6.30. The quantitative estimate of drug-likeness (QED) is 0.536. The molecular formula is C27H28ClFN4O3. The molecular weight excluding hydrogens is 483 g/mol. The van der Waals surface area contributed by atoms with E-state index in [2.05, 4.69) is 29.9 Å². The second-order valence-electron chi connectivity index (χ2n) is 9.99. The molecule has 1 saturated carbocycles. The van der Waals surface area contributed by atoms with Crippen LogP contribution in [0.1, 0.15) is 78.9 Å². The van der Waals surface area contributed by atoms with Crippen molar-refractivity contribution in [3.05, 3.63) is 91.6 Å². The zero-order chi connectivity index (χ0) is 25.6. The molecule has 1 aliphatic carbocycles.